The van der Waals surface area contributed by atoms with Crippen molar-refractivity contribution in [3.05, 3.63) is 70.5 Å². The number of halogens is 1. The van der Waals surface area contributed by atoms with Crippen LogP contribution in [0.25, 0.3) is 5.65 Å². The number of nitrogens with zero attached hydrogens (tertiary/aromatic N) is 3. The second-order valence-corrected chi connectivity index (χ2v) is 7.34. The van der Waals surface area contributed by atoms with Gasteiger partial charge in [0.2, 0.25) is 5.91 Å². The summed E-state index contributed by atoms with van der Waals surface area (Å²) in [6, 6.07) is 11.8. The fourth-order valence-corrected chi connectivity index (χ4v) is 4.13. The molecule has 146 valence electrons. The maximum atomic E-state index is 13.7. The van der Waals surface area contributed by atoms with Crippen LogP contribution in [0.15, 0.2) is 53.5 Å². The van der Waals surface area contributed by atoms with E-state index < -0.39 is 5.41 Å². The molecule has 0 atom stereocenters. The standard InChI is InChI=1S/C21H23FN4O2/c22-17-8-5-7-16(15-17)21(10-2-3-11-21)19(27)23-12-6-14-26-20(28)25-13-4-1-9-18(25)24-26/h1,4-5,7-9,13,15H,2-3,6,10-12,14H2,(H,23,27). The molecule has 1 aromatic carbocycles. The van der Waals surface area contributed by atoms with Gasteiger partial charge in [-0.25, -0.2) is 13.9 Å². The second kappa shape index (κ2) is 7.58. The van der Waals surface area contributed by atoms with Crippen molar-refractivity contribution in [3.63, 3.8) is 0 Å². The second-order valence-electron chi connectivity index (χ2n) is 7.34. The summed E-state index contributed by atoms with van der Waals surface area (Å²) in [7, 11) is 0. The first kappa shape index (κ1) is 18.4. The summed E-state index contributed by atoms with van der Waals surface area (Å²) in [4.78, 5) is 25.3. The Kier molecular flexibility index (Phi) is 4.98. The summed E-state index contributed by atoms with van der Waals surface area (Å²) in [5, 5.41) is 7.29. The topological polar surface area (TPSA) is 68.4 Å². The number of hydrogen-bond acceptors (Lipinski definition) is 3. The third-order valence-electron chi connectivity index (χ3n) is 5.59. The third-order valence-corrected chi connectivity index (χ3v) is 5.59. The van der Waals surface area contributed by atoms with Crippen LogP contribution in [0.4, 0.5) is 4.39 Å². The first-order valence-corrected chi connectivity index (χ1v) is 9.69. The van der Waals surface area contributed by atoms with Gasteiger partial charge in [0.25, 0.3) is 0 Å². The summed E-state index contributed by atoms with van der Waals surface area (Å²) in [6.07, 6.45) is 5.66. The number of pyridine rings is 1. The Morgan fingerprint density at radius 2 is 2.00 bits per heavy atom. The Bertz CT molecular complexity index is 1050. The van der Waals surface area contributed by atoms with E-state index in [9.17, 15) is 14.0 Å². The number of aryl methyl sites for hydroxylation is 1. The third kappa shape index (κ3) is 3.32. The van der Waals surface area contributed by atoms with Crippen molar-refractivity contribution in [2.24, 2.45) is 0 Å². The number of carbonyl (C=O) groups is 1. The van der Waals surface area contributed by atoms with Gasteiger partial charge in [0.15, 0.2) is 5.65 Å². The first-order chi connectivity index (χ1) is 13.6. The van der Waals surface area contributed by atoms with Gasteiger partial charge < -0.3 is 5.32 Å². The van der Waals surface area contributed by atoms with Crippen molar-refractivity contribution in [2.75, 3.05) is 6.54 Å². The van der Waals surface area contributed by atoms with Crippen molar-refractivity contribution in [1.29, 1.82) is 0 Å². The molecule has 0 unspecified atom stereocenters. The monoisotopic (exact) mass is 382 g/mol. The minimum absolute atomic E-state index is 0.0575. The summed E-state index contributed by atoms with van der Waals surface area (Å²) < 4.78 is 16.6. The van der Waals surface area contributed by atoms with Crippen LogP contribution in [0.2, 0.25) is 0 Å². The molecule has 2 aromatic heterocycles. The molecule has 1 N–H and O–H groups in total. The molecule has 0 aliphatic heterocycles. The predicted octanol–water partition coefficient (Wildman–Crippen LogP) is 2.65. The average molecular weight is 382 g/mol. The molecule has 0 spiro atoms. The summed E-state index contributed by atoms with van der Waals surface area (Å²) in [5.74, 6) is -0.374. The minimum Gasteiger partial charge on any atom is -0.355 e. The molecule has 0 radical (unpaired) electrons. The number of nitrogens with one attached hydrogen (secondary N) is 1. The van der Waals surface area contributed by atoms with E-state index in [0.29, 0.717) is 25.2 Å². The highest BCUT2D eigenvalue weighted by molar-refractivity contribution is 5.88. The molecule has 0 saturated heterocycles. The molecule has 1 fully saturated rings. The largest absolute Gasteiger partial charge is 0.355 e. The zero-order valence-corrected chi connectivity index (χ0v) is 15.6. The maximum absolute atomic E-state index is 13.7. The van der Waals surface area contributed by atoms with E-state index in [2.05, 4.69) is 10.4 Å². The van der Waals surface area contributed by atoms with Crippen LogP contribution < -0.4 is 11.0 Å². The maximum Gasteiger partial charge on any atom is 0.350 e. The zero-order valence-electron chi connectivity index (χ0n) is 15.6. The lowest BCUT2D eigenvalue weighted by atomic mass is 9.78. The van der Waals surface area contributed by atoms with E-state index >= 15 is 0 Å². The number of carbonyl (C=O) groups excluding carboxylic acids is 1. The van der Waals surface area contributed by atoms with Crippen molar-refractivity contribution in [2.45, 2.75) is 44.1 Å². The number of aromatic nitrogens is 3. The molecule has 28 heavy (non-hydrogen) atoms. The normalized spacial score (nSPS) is 15.8. The van der Waals surface area contributed by atoms with E-state index in [1.165, 1.54) is 21.2 Å². The number of amides is 1. The molecule has 1 amide bonds. The summed E-state index contributed by atoms with van der Waals surface area (Å²) in [6.45, 7) is 0.865. The van der Waals surface area contributed by atoms with Crippen LogP contribution >= 0.6 is 0 Å². The first-order valence-electron chi connectivity index (χ1n) is 9.69. The van der Waals surface area contributed by atoms with Crippen LogP contribution in [0.3, 0.4) is 0 Å². The van der Waals surface area contributed by atoms with Gasteiger partial charge in [0, 0.05) is 19.3 Å². The molecule has 1 aliphatic carbocycles. The van der Waals surface area contributed by atoms with E-state index in [4.69, 9.17) is 0 Å². The molecule has 6 nitrogen and oxygen atoms in total. The lowest BCUT2D eigenvalue weighted by Crippen LogP contribution is -2.43. The van der Waals surface area contributed by atoms with Gasteiger partial charge in [0.1, 0.15) is 5.82 Å². The predicted molar refractivity (Wildman–Crippen MR) is 104 cm³/mol. The van der Waals surface area contributed by atoms with Gasteiger partial charge in [-0.05, 0) is 49.1 Å². The van der Waals surface area contributed by atoms with Crippen LogP contribution in [0, 0.1) is 5.82 Å². The van der Waals surface area contributed by atoms with Crippen molar-refractivity contribution in [1.82, 2.24) is 19.5 Å². The van der Waals surface area contributed by atoms with Crippen LogP contribution in [0.5, 0.6) is 0 Å². The molecular formula is C21H23FN4O2. The number of benzene rings is 1. The highest BCUT2D eigenvalue weighted by Gasteiger charge is 2.42. The lowest BCUT2D eigenvalue weighted by molar-refractivity contribution is -0.126. The molecule has 4 rings (SSSR count). The van der Waals surface area contributed by atoms with Gasteiger partial charge in [0.05, 0.1) is 5.41 Å². The van der Waals surface area contributed by atoms with Gasteiger partial charge in [-0.3, -0.25) is 9.20 Å². The number of hydrogen-bond donors (Lipinski definition) is 1. The van der Waals surface area contributed by atoms with Gasteiger partial charge in [-0.1, -0.05) is 31.0 Å². The molecule has 1 aliphatic rings. The van der Waals surface area contributed by atoms with Crippen LogP contribution in [0.1, 0.15) is 37.7 Å². The van der Waals surface area contributed by atoms with Gasteiger partial charge in [-0.2, -0.15) is 0 Å². The quantitative estimate of drug-likeness (QED) is 0.667. The Hall–Kier alpha value is -2.96. The zero-order chi connectivity index (χ0) is 19.6. The van der Waals surface area contributed by atoms with Crippen molar-refractivity contribution >= 4 is 11.6 Å². The molecule has 2 heterocycles. The van der Waals surface area contributed by atoms with Crippen LogP contribution in [-0.2, 0) is 16.8 Å². The van der Waals surface area contributed by atoms with Crippen LogP contribution in [-0.4, -0.2) is 26.6 Å². The minimum atomic E-state index is -0.651. The highest BCUT2D eigenvalue weighted by atomic mass is 19.1. The Morgan fingerprint density at radius 1 is 1.18 bits per heavy atom. The number of rotatable bonds is 6. The Morgan fingerprint density at radius 3 is 2.75 bits per heavy atom. The lowest BCUT2D eigenvalue weighted by Gasteiger charge is -2.28. The van der Waals surface area contributed by atoms with Gasteiger partial charge in [-0.15, -0.1) is 5.10 Å². The highest BCUT2D eigenvalue weighted by Crippen LogP contribution is 2.41. The Labute approximate surface area is 162 Å². The fourth-order valence-electron chi connectivity index (χ4n) is 4.13. The summed E-state index contributed by atoms with van der Waals surface area (Å²) >= 11 is 0. The Balaban J connectivity index is 1.40. The molecule has 7 heteroatoms. The van der Waals surface area contributed by atoms with Crippen molar-refractivity contribution in [3.8, 4) is 0 Å². The van der Waals surface area contributed by atoms with E-state index in [0.717, 1.165) is 31.2 Å². The molecule has 1 saturated carbocycles. The fraction of sp³-hybridized carbons (Fsp3) is 0.381. The molecular weight excluding hydrogens is 359 g/mol. The van der Waals surface area contributed by atoms with E-state index in [-0.39, 0.29) is 17.4 Å². The molecule has 0 bridgehead atoms. The smallest absolute Gasteiger partial charge is 0.350 e. The molecule has 3 aromatic rings. The summed E-state index contributed by atoms with van der Waals surface area (Å²) in [5.41, 5.74) is 0.516. The van der Waals surface area contributed by atoms with Crippen molar-refractivity contribution < 1.29 is 9.18 Å². The van der Waals surface area contributed by atoms with Gasteiger partial charge >= 0.3 is 5.69 Å². The SMILES string of the molecule is O=C(NCCCn1nc2ccccn2c1=O)C1(c2cccc(F)c2)CCCC1. The van der Waals surface area contributed by atoms with E-state index in [1.807, 2.05) is 12.1 Å². The average Bonchev–Trinajstić information content (AvgIpc) is 3.32. The number of fused-ring (bicyclic) bond motifs is 1. The van der Waals surface area contributed by atoms with E-state index in [1.54, 1.807) is 24.4 Å².